The summed E-state index contributed by atoms with van der Waals surface area (Å²) in [6.45, 7) is 4.03. The van der Waals surface area contributed by atoms with Crippen LogP contribution in [0.2, 0.25) is 0 Å². The van der Waals surface area contributed by atoms with Gasteiger partial charge < -0.3 is 10.1 Å². The molecule has 20 heavy (non-hydrogen) atoms. The third kappa shape index (κ3) is 2.18. The zero-order valence-electron chi connectivity index (χ0n) is 11.7. The molecule has 102 valence electrons. The van der Waals surface area contributed by atoms with Gasteiger partial charge in [0.2, 0.25) is 5.88 Å². The lowest BCUT2D eigenvalue weighted by Gasteiger charge is -2.10. The number of benzene rings is 1. The van der Waals surface area contributed by atoms with E-state index in [0.29, 0.717) is 5.88 Å². The molecule has 2 heterocycles. The van der Waals surface area contributed by atoms with E-state index in [4.69, 9.17) is 4.74 Å². The van der Waals surface area contributed by atoms with E-state index in [1.54, 1.807) is 7.11 Å². The van der Waals surface area contributed by atoms with E-state index < -0.39 is 0 Å². The molecule has 5 heteroatoms. The summed E-state index contributed by atoms with van der Waals surface area (Å²) in [7, 11) is 1.63. The minimum absolute atomic E-state index is 0.612. The van der Waals surface area contributed by atoms with Crippen molar-refractivity contribution < 1.29 is 4.74 Å². The Morgan fingerprint density at radius 3 is 2.65 bits per heavy atom. The van der Waals surface area contributed by atoms with Gasteiger partial charge in [0.25, 0.3) is 0 Å². The molecule has 0 aliphatic rings. The molecule has 0 aliphatic carbocycles. The Labute approximate surface area is 117 Å². The maximum atomic E-state index is 5.39. The van der Waals surface area contributed by atoms with Crippen LogP contribution in [0.25, 0.3) is 10.8 Å². The van der Waals surface area contributed by atoms with Crippen LogP contribution in [0, 0.1) is 13.8 Å². The third-order valence-electron chi connectivity index (χ3n) is 3.21. The van der Waals surface area contributed by atoms with Crippen molar-refractivity contribution in [1.29, 1.82) is 0 Å². The molecule has 2 aromatic heterocycles. The SMILES string of the molecule is COc1nc(Nc2cc(C)[nH]n2)cc2c(C)cccc12. The summed E-state index contributed by atoms with van der Waals surface area (Å²) in [5.41, 5.74) is 2.18. The maximum absolute atomic E-state index is 5.39. The van der Waals surface area contributed by atoms with E-state index in [9.17, 15) is 0 Å². The molecule has 0 fully saturated rings. The average molecular weight is 268 g/mol. The predicted octanol–water partition coefficient (Wildman–Crippen LogP) is 3.33. The Balaban J connectivity index is 2.10. The number of rotatable bonds is 3. The van der Waals surface area contributed by atoms with E-state index in [1.807, 2.05) is 31.2 Å². The number of aryl methyl sites for hydroxylation is 2. The zero-order chi connectivity index (χ0) is 14.1. The molecule has 0 saturated carbocycles. The van der Waals surface area contributed by atoms with Gasteiger partial charge in [0.15, 0.2) is 5.82 Å². The summed E-state index contributed by atoms with van der Waals surface area (Å²) in [4.78, 5) is 4.48. The molecule has 0 atom stereocenters. The number of anilines is 2. The molecular formula is C15H16N4O. The van der Waals surface area contributed by atoms with E-state index >= 15 is 0 Å². The first kappa shape index (κ1) is 12.5. The lowest BCUT2D eigenvalue weighted by atomic mass is 10.1. The van der Waals surface area contributed by atoms with Crippen molar-refractivity contribution in [2.75, 3.05) is 12.4 Å². The van der Waals surface area contributed by atoms with E-state index in [-0.39, 0.29) is 0 Å². The van der Waals surface area contributed by atoms with E-state index in [2.05, 4.69) is 33.5 Å². The predicted molar refractivity (Wildman–Crippen MR) is 79.6 cm³/mol. The van der Waals surface area contributed by atoms with Crippen LogP contribution in [-0.4, -0.2) is 22.3 Å². The van der Waals surface area contributed by atoms with Gasteiger partial charge in [-0.2, -0.15) is 10.1 Å². The van der Waals surface area contributed by atoms with Gasteiger partial charge in [-0.1, -0.05) is 12.1 Å². The topological polar surface area (TPSA) is 62.8 Å². The highest BCUT2D eigenvalue weighted by Gasteiger charge is 2.09. The molecule has 0 radical (unpaired) electrons. The summed E-state index contributed by atoms with van der Waals surface area (Å²) in [5, 5.41) is 12.4. The van der Waals surface area contributed by atoms with Crippen LogP contribution in [0.5, 0.6) is 5.88 Å². The number of aromatic nitrogens is 3. The smallest absolute Gasteiger partial charge is 0.223 e. The van der Waals surface area contributed by atoms with Gasteiger partial charge in [0, 0.05) is 17.1 Å². The number of methoxy groups -OCH3 is 1. The van der Waals surface area contributed by atoms with Crippen LogP contribution >= 0.6 is 0 Å². The standard InChI is InChI=1S/C15H16N4O/c1-9-5-4-6-11-12(9)8-13(17-15(11)20-3)16-14-7-10(2)18-19-14/h4-8H,1-3H3,(H2,16,17,18,19). The number of fused-ring (bicyclic) bond motifs is 1. The highest BCUT2D eigenvalue weighted by atomic mass is 16.5. The first-order valence-electron chi connectivity index (χ1n) is 6.41. The van der Waals surface area contributed by atoms with Crippen LogP contribution in [0.4, 0.5) is 11.6 Å². The Morgan fingerprint density at radius 1 is 1.10 bits per heavy atom. The molecule has 2 N–H and O–H groups in total. The highest BCUT2D eigenvalue weighted by Crippen LogP contribution is 2.29. The van der Waals surface area contributed by atoms with Crippen molar-refractivity contribution in [3.63, 3.8) is 0 Å². The molecule has 0 aliphatic heterocycles. The molecule has 5 nitrogen and oxygen atoms in total. The van der Waals surface area contributed by atoms with E-state index in [1.165, 1.54) is 5.56 Å². The largest absolute Gasteiger partial charge is 0.480 e. The van der Waals surface area contributed by atoms with Gasteiger partial charge in [-0.3, -0.25) is 5.10 Å². The molecule has 0 saturated heterocycles. The number of hydrogen-bond acceptors (Lipinski definition) is 4. The Hall–Kier alpha value is -2.56. The second-order valence-corrected chi connectivity index (χ2v) is 4.75. The van der Waals surface area contributed by atoms with Crippen LogP contribution < -0.4 is 10.1 Å². The fraction of sp³-hybridized carbons (Fsp3) is 0.200. The second kappa shape index (κ2) is 4.85. The van der Waals surface area contributed by atoms with Gasteiger partial charge in [0.1, 0.15) is 5.82 Å². The Morgan fingerprint density at radius 2 is 1.95 bits per heavy atom. The van der Waals surface area contributed by atoms with Crippen molar-refractivity contribution in [3.05, 3.63) is 41.6 Å². The van der Waals surface area contributed by atoms with Gasteiger partial charge in [-0.15, -0.1) is 0 Å². The van der Waals surface area contributed by atoms with Crippen molar-refractivity contribution in [1.82, 2.24) is 15.2 Å². The monoisotopic (exact) mass is 268 g/mol. The molecule has 3 rings (SSSR count). The summed E-state index contributed by atoms with van der Waals surface area (Å²) >= 11 is 0. The number of nitrogens with one attached hydrogen (secondary N) is 2. The fourth-order valence-corrected chi connectivity index (χ4v) is 2.23. The fourth-order valence-electron chi connectivity index (χ4n) is 2.23. The van der Waals surface area contributed by atoms with Gasteiger partial charge in [0.05, 0.1) is 7.11 Å². The Kier molecular flexibility index (Phi) is 3.02. The molecular weight excluding hydrogens is 252 g/mol. The van der Waals surface area contributed by atoms with Crippen molar-refractivity contribution >= 4 is 22.4 Å². The number of hydrogen-bond donors (Lipinski definition) is 2. The van der Waals surface area contributed by atoms with Gasteiger partial charge >= 0.3 is 0 Å². The second-order valence-electron chi connectivity index (χ2n) is 4.75. The first-order valence-corrected chi connectivity index (χ1v) is 6.41. The minimum atomic E-state index is 0.612. The lowest BCUT2D eigenvalue weighted by molar-refractivity contribution is 0.404. The normalized spacial score (nSPS) is 10.8. The zero-order valence-corrected chi connectivity index (χ0v) is 11.7. The number of pyridine rings is 1. The quantitative estimate of drug-likeness (QED) is 0.764. The van der Waals surface area contributed by atoms with Crippen molar-refractivity contribution in [3.8, 4) is 5.88 Å². The summed E-state index contributed by atoms with van der Waals surface area (Å²) in [5.74, 6) is 2.07. The minimum Gasteiger partial charge on any atom is -0.480 e. The highest BCUT2D eigenvalue weighted by molar-refractivity contribution is 5.91. The molecule has 0 spiro atoms. The van der Waals surface area contributed by atoms with Crippen molar-refractivity contribution in [2.24, 2.45) is 0 Å². The summed E-state index contributed by atoms with van der Waals surface area (Å²) in [6.07, 6.45) is 0. The lowest BCUT2D eigenvalue weighted by Crippen LogP contribution is -1.98. The Bertz CT molecular complexity index is 764. The summed E-state index contributed by atoms with van der Waals surface area (Å²) in [6, 6.07) is 10.0. The van der Waals surface area contributed by atoms with Gasteiger partial charge in [-0.05, 0) is 36.9 Å². The van der Waals surface area contributed by atoms with Crippen molar-refractivity contribution in [2.45, 2.75) is 13.8 Å². The molecule has 3 aromatic rings. The van der Waals surface area contributed by atoms with Crippen LogP contribution in [0.3, 0.4) is 0 Å². The van der Waals surface area contributed by atoms with Crippen LogP contribution in [0.15, 0.2) is 30.3 Å². The van der Waals surface area contributed by atoms with Gasteiger partial charge in [-0.25, -0.2) is 0 Å². The average Bonchev–Trinajstić information content (AvgIpc) is 2.84. The number of nitrogens with zero attached hydrogens (tertiary/aromatic N) is 2. The molecule has 0 bridgehead atoms. The van der Waals surface area contributed by atoms with Crippen LogP contribution in [-0.2, 0) is 0 Å². The molecule has 1 aromatic carbocycles. The number of aromatic amines is 1. The molecule has 0 amide bonds. The molecule has 0 unspecified atom stereocenters. The third-order valence-corrected chi connectivity index (χ3v) is 3.21. The maximum Gasteiger partial charge on any atom is 0.223 e. The van der Waals surface area contributed by atoms with Crippen LogP contribution in [0.1, 0.15) is 11.3 Å². The summed E-state index contributed by atoms with van der Waals surface area (Å²) < 4.78 is 5.39. The number of ether oxygens (including phenoxy) is 1. The number of H-pyrrole nitrogens is 1. The first-order chi connectivity index (χ1) is 9.67. The van der Waals surface area contributed by atoms with E-state index in [0.717, 1.165) is 28.1 Å².